The molecule has 5 heteroatoms. The summed E-state index contributed by atoms with van der Waals surface area (Å²) in [7, 11) is -2.11. The van der Waals surface area contributed by atoms with Crippen LogP contribution in [0.5, 0.6) is 5.75 Å². The van der Waals surface area contributed by atoms with Crippen LogP contribution in [0.3, 0.4) is 0 Å². The van der Waals surface area contributed by atoms with Crippen LogP contribution in [0.1, 0.15) is 23.6 Å². The first-order chi connectivity index (χ1) is 10.9. The minimum Gasteiger partial charge on any atom is -0.495 e. The molecule has 1 atom stereocenters. The molecule has 3 rings (SSSR count). The van der Waals surface area contributed by atoms with Gasteiger partial charge in [0.15, 0.2) is 0 Å². The second kappa shape index (κ2) is 5.98. The third-order valence-corrected chi connectivity index (χ3v) is 6.34. The Balaban J connectivity index is 2.06. The van der Waals surface area contributed by atoms with Crippen molar-refractivity contribution in [2.75, 3.05) is 7.11 Å². The fraction of sp³-hybridized carbons (Fsp3) is 0.333. The van der Waals surface area contributed by atoms with Gasteiger partial charge in [0.1, 0.15) is 10.6 Å². The molecule has 0 spiro atoms. The van der Waals surface area contributed by atoms with E-state index >= 15 is 0 Å². The van der Waals surface area contributed by atoms with Gasteiger partial charge >= 0.3 is 0 Å². The normalized spacial score (nSPS) is 18.5. The molecule has 23 heavy (non-hydrogen) atoms. The fourth-order valence-electron chi connectivity index (χ4n) is 3.09. The summed E-state index contributed by atoms with van der Waals surface area (Å²) in [6, 6.07) is 13.2. The Kier molecular flexibility index (Phi) is 4.17. The maximum Gasteiger partial charge on any atom is 0.247 e. The zero-order chi connectivity index (χ0) is 16.6. The monoisotopic (exact) mass is 331 g/mol. The molecule has 1 unspecified atom stereocenters. The van der Waals surface area contributed by atoms with Crippen LogP contribution in [0.4, 0.5) is 0 Å². The van der Waals surface area contributed by atoms with Crippen LogP contribution in [0.15, 0.2) is 47.4 Å². The number of nitrogens with zero attached hydrogens (tertiary/aromatic N) is 1. The van der Waals surface area contributed by atoms with E-state index in [1.807, 2.05) is 38.1 Å². The van der Waals surface area contributed by atoms with E-state index in [-0.39, 0.29) is 10.9 Å². The number of sulfonamides is 1. The Hall–Kier alpha value is -1.85. The highest BCUT2D eigenvalue weighted by molar-refractivity contribution is 7.89. The first-order valence-corrected chi connectivity index (χ1v) is 9.10. The molecule has 122 valence electrons. The quantitative estimate of drug-likeness (QED) is 0.868. The highest BCUT2D eigenvalue weighted by atomic mass is 32.2. The van der Waals surface area contributed by atoms with Crippen molar-refractivity contribution in [2.24, 2.45) is 0 Å². The average Bonchev–Trinajstić information content (AvgIpc) is 2.54. The number of benzene rings is 2. The molecule has 0 N–H and O–H groups in total. The highest BCUT2D eigenvalue weighted by Crippen LogP contribution is 2.33. The van der Waals surface area contributed by atoms with Gasteiger partial charge in [-0.1, -0.05) is 30.3 Å². The summed E-state index contributed by atoms with van der Waals surface area (Å²) in [5.74, 6) is 0.390. The van der Waals surface area contributed by atoms with Crippen LogP contribution in [-0.2, 0) is 23.0 Å². The van der Waals surface area contributed by atoms with E-state index in [9.17, 15) is 8.42 Å². The number of hydrogen-bond donors (Lipinski definition) is 0. The van der Waals surface area contributed by atoms with Gasteiger partial charge in [-0.3, -0.25) is 0 Å². The summed E-state index contributed by atoms with van der Waals surface area (Å²) < 4.78 is 33.2. The lowest BCUT2D eigenvalue weighted by Gasteiger charge is -2.34. The molecule has 0 amide bonds. The predicted octanol–water partition coefficient (Wildman–Crippen LogP) is 3.14. The van der Waals surface area contributed by atoms with Crippen molar-refractivity contribution in [1.29, 1.82) is 0 Å². The third-order valence-electron chi connectivity index (χ3n) is 4.36. The third kappa shape index (κ3) is 2.86. The van der Waals surface area contributed by atoms with E-state index in [4.69, 9.17) is 4.74 Å². The van der Waals surface area contributed by atoms with E-state index in [0.29, 0.717) is 12.3 Å². The van der Waals surface area contributed by atoms with Crippen molar-refractivity contribution in [3.63, 3.8) is 0 Å². The van der Waals surface area contributed by atoms with Gasteiger partial charge in [-0.25, -0.2) is 8.42 Å². The van der Waals surface area contributed by atoms with Gasteiger partial charge in [0.05, 0.1) is 7.11 Å². The molecule has 0 saturated carbocycles. The molecular weight excluding hydrogens is 310 g/mol. The minimum absolute atomic E-state index is 0.0832. The summed E-state index contributed by atoms with van der Waals surface area (Å²) >= 11 is 0. The highest BCUT2D eigenvalue weighted by Gasteiger charge is 2.34. The zero-order valence-corrected chi connectivity index (χ0v) is 14.4. The van der Waals surface area contributed by atoms with E-state index in [1.54, 1.807) is 16.4 Å². The van der Waals surface area contributed by atoms with Crippen LogP contribution in [-0.4, -0.2) is 25.9 Å². The van der Waals surface area contributed by atoms with Gasteiger partial charge in [0.25, 0.3) is 0 Å². The molecule has 2 aromatic carbocycles. The zero-order valence-electron chi connectivity index (χ0n) is 13.6. The first-order valence-electron chi connectivity index (χ1n) is 7.66. The Bertz CT molecular complexity index is 830. The first kappa shape index (κ1) is 16.0. The summed E-state index contributed by atoms with van der Waals surface area (Å²) in [6.45, 7) is 4.24. The van der Waals surface area contributed by atoms with Gasteiger partial charge in [-0.15, -0.1) is 0 Å². The second-order valence-corrected chi connectivity index (χ2v) is 7.89. The van der Waals surface area contributed by atoms with Gasteiger partial charge in [0.2, 0.25) is 10.0 Å². The predicted molar refractivity (Wildman–Crippen MR) is 90.1 cm³/mol. The van der Waals surface area contributed by atoms with Crippen LogP contribution in [0.2, 0.25) is 0 Å². The van der Waals surface area contributed by atoms with Crippen LogP contribution in [0, 0.1) is 6.92 Å². The number of aryl methyl sites for hydroxylation is 1. The topological polar surface area (TPSA) is 46.6 Å². The van der Waals surface area contributed by atoms with Crippen molar-refractivity contribution in [1.82, 2.24) is 4.31 Å². The van der Waals surface area contributed by atoms with E-state index in [0.717, 1.165) is 17.5 Å². The maximum absolute atomic E-state index is 13.2. The molecule has 4 nitrogen and oxygen atoms in total. The minimum atomic E-state index is -3.61. The van der Waals surface area contributed by atoms with Gasteiger partial charge < -0.3 is 4.74 Å². The number of hydrogen-bond acceptors (Lipinski definition) is 3. The van der Waals surface area contributed by atoms with Gasteiger partial charge in [0, 0.05) is 12.6 Å². The van der Waals surface area contributed by atoms with E-state index in [1.165, 1.54) is 12.7 Å². The molecule has 1 aliphatic rings. The van der Waals surface area contributed by atoms with Crippen LogP contribution >= 0.6 is 0 Å². The molecule has 0 aliphatic carbocycles. The number of fused-ring (bicyclic) bond motifs is 1. The van der Waals surface area contributed by atoms with E-state index in [2.05, 4.69) is 6.07 Å². The molecule has 1 heterocycles. The lowest BCUT2D eigenvalue weighted by atomic mass is 9.97. The van der Waals surface area contributed by atoms with Gasteiger partial charge in [-0.05, 0) is 49.1 Å². The SMILES string of the molecule is COc1ccc(C)cc1S(=O)(=O)N1Cc2ccccc2CC1C. The van der Waals surface area contributed by atoms with Crippen molar-refractivity contribution >= 4 is 10.0 Å². The molecule has 2 aromatic rings. The van der Waals surface area contributed by atoms with Crippen molar-refractivity contribution in [2.45, 2.75) is 37.8 Å². The van der Waals surface area contributed by atoms with Crippen LogP contribution in [0.25, 0.3) is 0 Å². The summed E-state index contributed by atoms with van der Waals surface area (Å²) in [4.78, 5) is 0.242. The largest absolute Gasteiger partial charge is 0.495 e. The summed E-state index contributed by atoms with van der Waals surface area (Å²) in [6.07, 6.45) is 0.726. The maximum atomic E-state index is 13.2. The van der Waals surface area contributed by atoms with Crippen molar-refractivity contribution in [3.8, 4) is 5.75 Å². The molecule has 0 fully saturated rings. The average molecular weight is 331 g/mol. The van der Waals surface area contributed by atoms with Gasteiger partial charge in [-0.2, -0.15) is 4.31 Å². The number of ether oxygens (including phenoxy) is 1. The molecule has 1 aliphatic heterocycles. The lowest BCUT2D eigenvalue weighted by molar-refractivity contribution is 0.307. The van der Waals surface area contributed by atoms with E-state index < -0.39 is 10.0 Å². The Morgan fingerprint density at radius 1 is 1.13 bits per heavy atom. The smallest absolute Gasteiger partial charge is 0.247 e. The Morgan fingerprint density at radius 3 is 2.52 bits per heavy atom. The molecule has 0 saturated heterocycles. The lowest BCUT2D eigenvalue weighted by Crippen LogP contribution is -2.42. The van der Waals surface area contributed by atoms with Crippen molar-refractivity contribution < 1.29 is 13.2 Å². The summed E-state index contributed by atoms with van der Waals surface area (Å²) in [5.41, 5.74) is 3.19. The Morgan fingerprint density at radius 2 is 1.83 bits per heavy atom. The molecule has 0 aromatic heterocycles. The Labute approximate surface area is 137 Å². The van der Waals surface area contributed by atoms with Crippen LogP contribution < -0.4 is 4.74 Å². The molecule has 0 radical (unpaired) electrons. The standard InChI is InChI=1S/C18H21NO3S/c1-13-8-9-17(22-3)18(10-13)23(20,21)19-12-16-7-5-4-6-15(16)11-14(19)2/h4-10,14H,11-12H2,1-3H3. The van der Waals surface area contributed by atoms with Crippen molar-refractivity contribution in [3.05, 3.63) is 59.2 Å². The number of methoxy groups -OCH3 is 1. The molecule has 0 bridgehead atoms. The summed E-state index contributed by atoms with van der Waals surface area (Å²) in [5, 5.41) is 0. The fourth-order valence-corrected chi connectivity index (χ4v) is 4.94. The second-order valence-electron chi connectivity index (χ2n) is 6.03. The number of rotatable bonds is 3. The molecular formula is C18H21NO3S.